The Morgan fingerprint density at radius 1 is 1.20 bits per heavy atom. The highest BCUT2D eigenvalue weighted by molar-refractivity contribution is 7.18. The van der Waals surface area contributed by atoms with Gasteiger partial charge in [-0.1, -0.05) is 18.2 Å². The second-order valence-electron chi connectivity index (χ2n) is 9.71. The summed E-state index contributed by atoms with van der Waals surface area (Å²) in [4.78, 5) is 18.7. The van der Waals surface area contributed by atoms with Crippen LogP contribution in [0.25, 0.3) is 21.6 Å². The Balaban J connectivity index is 1.52. The maximum absolute atomic E-state index is 14.5. The van der Waals surface area contributed by atoms with Crippen LogP contribution in [0, 0.1) is 17.1 Å². The summed E-state index contributed by atoms with van der Waals surface area (Å²) in [5.74, 6) is -0.650. The molecule has 2 aromatic carbocycles. The van der Waals surface area contributed by atoms with E-state index in [1.54, 1.807) is 11.0 Å². The average molecular weight is 491 g/mol. The lowest BCUT2D eigenvalue weighted by atomic mass is 9.95. The van der Waals surface area contributed by atoms with Crippen LogP contribution >= 0.6 is 11.3 Å². The molecule has 1 amide bonds. The summed E-state index contributed by atoms with van der Waals surface area (Å²) in [7, 11) is 0. The number of rotatable bonds is 4. The lowest BCUT2D eigenvalue weighted by molar-refractivity contribution is 0.0310. The molecule has 180 valence electrons. The quantitative estimate of drug-likeness (QED) is 0.571. The van der Waals surface area contributed by atoms with Crippen molar-refractivity contribution in [2.24, 2.45) is 5.73 Å². The molecule has 6 nitrogen and oxygen atoms in total. The predicted octanol–water partition coefficient (Wildman–Crippen LogP) is 4.23. The highest BCUT2D eigenvalue weighted by Gasteiger charge is 2.36. The Morgan fingerprint density at radius 3 is 2.54 bits per heavy atom. The second kappa shape index (κ2) is 9.08. The minimum Gasteiger partial charge on any atom is -0.386 e. The summed E-state index contributed by atoms with van der Waals surface area (Å²) >= 11 is 1.39. The van der Waals surface area contributed by atoms with Crippen LogP contribution in [0.2, 0.25) is 0 Å². The molecule has 0 aliphatic carbocycles. The summed E-state index contributed by atoms with van der Waals surface area (Å²) in [5.41, 5.74) is 8.72. The van der Waals surface area contributed by atoms with Gasteiger partial charge in [0.1, 0.15) is 11.9 Å². The number of hydrogen-bond acceptors (Lipinski definition) is 6. The molecule has 3 N–H and O–H groups in total. The van der Waals surface area contributed by atoms with Crippen molar-refractivity contribution in [2.45, 2.75) is 31.4 Å². The number of halogens is 1. The maximum Gasteiger partial charge on any atom is 0.264 e. The summed E-state index contributed by atoms with van der Waals surface area (Å²) in [5, 5.41) is 19.2. The van der Waals surface area contributed by atoms with Gasteiger partial charge >= 0.3 is 0 Å². The van der Waals surface area contributed by atoms with Gasteiger partial charge in [-0.15, -0.1) is 11.3 Å². The number of carbonyl (C=O) groups is 1. The maximum atomic E-state index is 14.5. The van der Waals surface area contributed by atoms with E-state index in [-0.39, 0.29) is 17.5 Å². The number of β-amino-alcohol motifs (C(OH)–C–C–N with tert-alkyl or cyclic N) is 1. The van der Waals surface area contributed by atoms with Gasteiger partial charge in [0, 0.05) is 48.3 Å². The number of nitriles is 1. The number of anilines is 1. The van der Waals surface area contributed by atoms with Crippen LogP contribution in [0.4, 0.5) is 10.1 Å². The number of hydrogen-bond donors (Lipinski definition) is 2. The van der Waals surface area contributed by atoms with Crippen molar-refractivity contribution < 1.29 is 14.3 Å². The first kappa shape index (κ1) is 23.5. The first-order valence-corrected chi connectivity index (χ1v) is 12.5. The molecule has 2 saturated heterocycles. The Morgan fingerprint density at radius 2 is 1.91 bits per heavy atom. The molecule has 1 atom stereocenters. The van der Waals surface area contributed by atoms with E-state index in [9.17, 15) is 14.3 Å². The van der Waals surface area contributed by atoms with Gasteiger partial charge in [0.25, 0.3) is 5.91 Å². The molecule has 1 aromatic heterocycles. The number of benzene rings is 2. The third-order valence-electron chi connectivity index (χ3n) is 6.65. The molecular weight excluding hydrogens is 463 g/mol. The summed E-state index contributed by atoms with van der Waals surface area (Å²) in [6, 6.07) is 16.2. The molecule has 2 aliphatic rings. The Bertz CT molecular complexity index is 1300. The van der Waals surface area contributed by atoms with Gasteiger partial charge in [0.2, 0.25) is 0 Å². The number of likely N-dealkylation sites (tertiary alicyclic amines) is 1. The van der Waals surface area contributed by atoms with Crippen molar-refractivity contribution in [1.29, 1.82) is 5.26 Å². The Labute approximate surface area is 208 Å². The summed E-state index contributed by atoms with van der Waals surface area (Å²) in [6.45, 7) is 4.19. The van der Waals surface area contributed by atoms with Crippen molar-refractivity contribution in [3.8, 4) is 27.6 Å². The van der Waals surface area contributed by atoms with E-state index in [0.717, 1.165) is 34.5 Å². The molecule has 0 radical (unpaired) electrons. The third kappa shape index (κ3) is 4.67. The lowest BCUT2D eigenvalue weighted by Crippen LogP contribution is -2.60. The molecule has 0 saturated carbocycles. The number of thiophene rings is 1. The number of carbonyl (C=O) groups excluding carboxylic acids is 1. The van der Waals surface area contributed by atoms with Crippen molar-refractivity contribution in [1.82, 2.24) is 4.90 Å². The number of piperidine rings is 1. The number of nitrogens with zero attached hydrogens (tertiary/aromatic N) is 3. The summed E-state index contributed by atoms with van der Waals surface area (Å²) < 4.78 is 14.5. The predicted molar refractivity (Wildman–Crippen MR) is 136 cm³/mol. The second-order valence-corrected chi connectivity index (χ2v) is 10.8. The zero-order chi connectivity index (χ0) is 24.7. The van der Waals surface area contributed by atoms with Crippen LogP contribution in [0.5, 0.6) is 0 Å². The highest BCUT2D eigenvalue weighted by Crippen LogP contribution is 2.41. The Kier molecular flexibility index (Phi) is 6.09. The fourth-order valence-corrected chi connectivity index (χ4v) is 5.98. The fraction of sp³-hybridized carbons (Fsp3) is 0.333. The van der Waals surface area contributed by atoms with Gasteiger partial charge in [-0.3, -0.25) is 4.79 Å². The van der Waals surface area contributed by atoms with E-state index < -0.39 is 11.4 Å². The fourth-order valence-electron chi connectivity index (χ4n) is 4.83. The third-order valence-corrected chi connectivity index (χ3v) is 7.82. The first-order chi connectivity index (χ1) is 16.7. The van der Waals surface area contributed by atoms with E-state index >= 15 is 0 Å². The van der Waals surface area contributed by atoms with E-state index in [4.69, 9.17) is 11.0 Å². The van der Waals surface area contributed by atoms with Crippen molar-refractivity contribution in [3.05, 3.63) is 64.8 Å². The molecule has 0 unspecified atom stereocenters. The van der Waals surface area contributed by atoms with Gasteiger partial charge < -0.3 is 20.6 Å². The zero-order valence-electron chi connectivity index (χ0n) is 19.5. The minimum absolute atomic E-state index is 0.0149. The standard InChI is InChI=1S/C27H27FN4O2S/c1-27(34)15-32(16-27)21-8-6-17(7-9-21)25-22(18-4-5-19(13-29)23(28)11-18)12-24(35-25)26(33)31-10-2-3-20(30)14-31/h4-9,11-12,20,34H,2-3,10,14-16,30H2,1H3/t20-/m1/s1. The molecule has 8 heteroatoms. The van der Waals surface area contributed by atoms with Crippen LogP contribution in [-0.2, 0) is 0 Å². The van der Waals surface area contributed by atoms with Gasteiger partial charge in [-0.2, -0.15) is 5.26 Å². The average Bonchev–Trinajstić information content (AvgIpc) is 3.27. The molecule has 0 spiro atoms. The van der Waals surface area contributed by atoms with Crippen LogP contribution in [-0.4, -0.2) is 53.7 Å². The molecular formula is C27H27FN4O2S. The van der Waals surface area contributed by atoms with Crippen molar-refractivity contribution in [3.63, 3.8) is 0 Å². The lowest BCUT2D eigenvalue weighted by Gasteiger charge is -2.45. The highest BCUT2D eigenvalue weighted by atomic mass is 32.1. The first-order valence-electron chi connectivity index (χ1n) is 11.7. The molecule has 2 aliphatic heterocycles. The topological polar surface area (TPSA) is 93.6 Å². The smallest absolute Gasteiger partial charge is 0.264 e. The summed E-state index contributed by atoms with van der Waals surface area (Å²) in [6.07, 6.45) is 1.79. The van der Waals surface area contributed by atoms with Gasteiger partial charge in [0.05, 0.1) is 16.0 Å². The van der Waals surface area contributed by atoms with Crippen LogP contribution < -0.4 is 10.6 Å². The Hall–Kier alpha value is -3.25. The van der Waals surface area contributed by atoms with E-state index in [1.165, 1.54) is 23.5 Å². The molecule has 3 heterocycles. The van der Waals surface area contributed by atoms with E-state index in [0.29, 0.717) is 36.6 Å². The van der Waals surface area contributed by atoms with E-state index in [2.05, 4.69) is 4.90 Å². The normalized spacial score (nSPS) is 19.2. The molecule has 5 rings (SSSR count). The van der Waals surface area contributed by atoms with Crippen LogP contribution in [0.15, 0.2) is 48.5 Å². The van der Waals surface area contributed by atoms with Gasteiger partial charge in [-0.25, -0.2) is 4.39 Å². The number of amides is 1. The zero-order valence-corrected chi connectivity index (χ0v) is 20.3. The number of aliphatic hydroxyl groups is 1. The van der Waals surface area contributed by atoms with Gasteiger partial charge in [0.15, 0.2) is 0 Å². The van der Waals surface area contributed by atoms with Crippen molar-refractivity contribution >= 4 is 22.9 Å². The van der Waals surface area contributed by atoms with Crippen molar-refractivity contribution in [2.75, 3.05) is 31.1 Å². The number of nitrogens with two attached hydrogens (primary N) is 1. The van der Waals surface area contributed by atoms with Gasteiger partial charge in [-0.05, 0) is 61.2 Å². The molecule has 35 heavy (non-hydrogen) atoms. The monoisotopic (exact) mass is 490 g/mol. The molecule has 3 aromatic rings. The van der Waals surface area contributed by atoms with Crippen LogP contribution in [0.1, 0.15) is 35.0 Å². The minimum atomic E-state index is -0.661. The van der Waals surface area contributed by atoms with E-state index in [1.807, 2.05) is 43.3 Å². The largest absolute Gasteiger partial charge is 0.386 e. The van der Waals surface area contributed by atoms with Crippen LogP contribution in [0.3, 0.4) is 0 Å². The molecule has 0 bridgehead atoms. The SMILES string of the molecule is CC1(O)CN(c2ccc(-c3sc(C(=O)N4CCC[C@@H](N)C4)cc3-c3ccc(C#N)c(F)c3)cc2)C1. The molecule has 2 fully saturated rings.